The number of carboxylic acids is 1. The Morgan fingerprint density at radius 1 is 1.12 bits per heavy atom. The SMILES string of the molecule is CC(=O)N1CCc2cc(-c3ccc(CCOCC(=O)O)cc3)ccc21. The second-order valence-corrected chi connectivity index (χ2v) is 6.16. The van der Waals surface area contributed by atoms with E-state index in [2.05, 4.69) is 18.2 Å². The minimum absolute atomic E-state index is 0.0842. The Morgan fingerprint density at radius 2 is 1.84 bits per heavy atom. The molecule has 0 atom stereocenters. The van der Waals surface area contributed by atoms with E-state index in [-0.39, 0.29) is 12.5 Å². The van der Waals surface area contributed by atoms with E-state index < -0.39 is 5.97 Å². The largest absolute Gasteiger partial charge is 0.480 e. The molecule has 1 N–H and O–H groups in total. The molecule has 5 heteroatoms. The summed E-state index contributed by atoms with van der Waals surface area (Å²) in [5, 5.41) is 8.54. The Labute approximate surface area is 146 Å². The molecule has 0 aromatic heterocycles. The van der Waals surface area contributed by atoms with E-state index in [1.807, 2.05) is 29.2 Å². The van der Waals surface area contributed by atoms with Crippen molar-refractivity contribution in [1.82, 2.24) is 0 Å². The van der Waals surface area contributed by atoms with Gasteiger partial charge in [0.2, 0.25) is 5.91 Å². The van der Waals surface area contributed by atoms with E-state index in [0.717, 1.165) is 35.3 Å². The predicted octanol–water partition coefficient (Wildman–Crippen LogP) is 2.91. The number of fused-ring (bicyclic) bond motifs is 1. The number of hydrogen-bond acceptors (Lipinski definition) is 3. The fourth-order valence-electron chi connectivity index (χ4n) is 3.12. The molecule has 25 heavy (non-hydrogen) atoms. The van der Waals surface area contributed by atoms with Gasteiger partial charge in [-0.1, -0.05) is 30.3 Å². The van der Waals surface area contributed by atoms with E-state index >= 15 is 0 Å². The molecule has 2 aromatic rings. The van der Waals surface area contributed by atoms with Gasteiger partial charge in [-0.05, 0) is 47.2 Å². The number of anilines is 1. The summed E-state index contributed by atoms with van der Waals surface area (Å²) in [6.45, 7) is 2.49. The summed E-state index contributed by atoms with van der Waals surface area (Å²) in [6, 6.07) is 14.4. The highest BCUT2D eigenvalue weighted by atomic mass is 16.5. The molecule has 0 saturated heterocycles. The molecule has 0 spiro atoms. The van der Waals surface area contributed by atoms with Gasteiger partial charge < -0.3 is 14.7 Å². The van der Waals surface area contributed by atoms with Crippen LogP contribution in [0.25, 0.3) is 11.1 Å². The first-order chi connectivity index (χ1) is 12.0. The topological polar surface area (TPSA) is 66.8 Å². The maximum atomic E-state index is 11.6. The van der Waals surface area contributed by atoms with Crippen molar-refractivity contribution in [3.05, 3.63) is 53.6 Å². The predicted molar refractivity (Wildman–Crippen MR) is 95.8 cm³/mol. The van der Waals surface area contributed by atoms with Crippen molar-refractivity contribution in [2.24, 2.45) is 0 Å². The number of aliphatic carboxylic acids is 1. The van der Waals surface area contributed by atoms with Gasteiger partial charge in [-0.3, -0.25) is 4.79 Å². The molecule has 1 amide bonds. The van der Waals surface area contributed by atoms with Gasteiger partial charge in [0.05, 0.1) is 6.61 Å². The Balaban J connectivity index is 1.67. The van der Waals surface area contributed by atoms with Gasteiger partial charge in [-0.2, -0.15) is 0 Å². The molecule has 1 aliphatic rings. The molecule has 1 aliphatic heterocycles. The number of amides is 1. The second-order valence-electron chi connectivity index (χ2n) is 6.16. The summed E-state index contributed by atoms with van der Waals surface area (Å²) < 4.78 is 5.06. The molecule has 0 saturated carbocycles. The minimum Gasteiger partial charge on any atom is -0.480 e. The van der Waals surface area contributed by atoms with Crippen LogP contribution in [0, 0.1) is 0 Å². The third-order valence-electron chi connectivity index (χ3n) is 4.40. The number of carbonyl (C=O) groups is 2. The lowest BCUT2D eigenvalue weighted by Gasteiger charge is -2.15. The van der Waals surface area contributed by atoms with Crippen LogP contribution in [-0.4, -0.2) is 36.7 Å². The lowest BCUT2D eigenvalue weighted by Crippen LogP contribution is -2.25. The number of carbonyl (C=O) groups excluding carboxylic acids is 1. The highest BCUT2D eigenvalue weighted by Crippen LogP contribution is 2.32. The van der Waals surface area contributed by atoms with Gasteiger partial charge >= 0.3 is 5.97 Å². The first-order valence-electron chi connectivity index (χ1n) is 8.34. The fraction of sp³-hybridized carbons (Fsp3) is 0.300. The van der Waals surface area contributed by atoms with Crippen molar-refractivity contribution in [3.8, 4) is 11.1 Å². The average molecular weight is 339 g/mol. The Bertz CT molecular complexity index is 783. The van der Waals surface area contributed by atoms with Crippen LogP contribution >= 0.6 is 0 Å². The Hall–Kier alpha value is -2.66. The van der Waals surface area contributed by atoms with E-state index in [1.165, 1.54) is 5.56 Å². The van der Waals surface area contributed by atoms with Crippen LogP contribution in [0.4, 0.5) is 5.69 Å². The highest BCUT2D eigenvalue weighted by Gasteiger charge is 2.22. The number of carboxylic acid groups (broad SMARTS) is 1. The number of ether oxygens (including phenoxy) is 1. The number of hydrogen-bond donors (Lipinski definition) is 1. The summed E-state index contributed by atoms with van der Waals surface area (Å²) in [5.74, 6) is -0.865. The molecule has 5 nitrogen and oxygen atoms in total. The smallest absolute Gasteiger partial charge is 0.329 e. The summed E-state index contributed by atoms with van der Waals surface area (Å²) in [6.07, 6.45) is 1.58. The molecule has 2 aromatic carbocycles. The van der Waals surface area contributed by atoms with Gasteiger partial charge in [0, 0.05) is 19.2 Å². The third kappa shape index (κ3) is 4.06. The molecule has 130 valence electrons. The summed E-state index contributed by atoms with van der Waals surface area (Å²) in [4.78, 5) is 23.9. The summed E-state index contributed by atoms with van der Waals surface area (Å²) in [7, 11) is 0. The zero-order chi connectivity index (χ0) is 17.8. The van der Waals surface area contributed by atoms with Gasteiger partial charge in [-0.25, -0.2) is 4.79 Å². The first kappa shape index (κ1) is 17.2. The monoisotopic (exact) mass is 339 g/mol. The maximum Gasteiger partial charge on any atom is 0.329 e. The van der Waals surface area contributed by atoms with Crippen LogP contribution in [0.3, 0.4) is 0 Å². The lowest BCUT2D eigenvalue weighted by atomic mass is 10.00. The minimum atomic E-state index is -0.949. The zero-order valence-corrected chi connectivity index (χ0v) is 14.2. The fourth-order valence-corrected chi connectivity index (χ4v) is 3.12. The molecule has 0 unspecified atom stereocenters. The first-order valence-corrected chi connectivity index (χ1v) is 8.34. The van der Waals surface area contributed by atoms with Crippen molar-refractivity contribution in [1.29, 1.82) is 0 Å². The molecule has 1 heterocycles. The Morgan fingerprint density at radius 3 is 2.52 bits per heavy atom. The molecule has 0 bridgehead atoms. The van der Waals surface area contributed by atoms with Crippen molar-refractivity contribution in [3.63, 3.8) is 0 Å². The van der Waals surface area contributed by atoms with Crippen molar-refractivity contribution < 1.29 is 19.4 Å². The van der Waals surface area contributed by atoms with Gasteiger partial charge in [0.1, 0.15) is 6.61 Å². The van der Waals surface area contributed by atoms with Crippen molar-refractivity contribution in [2.75, 3.05) is 24.7 Å². The Kier molecular flexibility index (Phi) is 5.14. The standard InChI is InChI=1S/C20H21NO4/c1-14(22)21-10-8-18-12-17(6-7-19(18)21)16-4-2-15(3-5-16)9-11-25-13-20(23)24/h2-7,12H,8-11,13H2,1H3,(H,23,24). The second kappa shape index (κ2) is 7.49. The molecule has 0 fully saturated rings. The van der Waals surface area contributed by atoms with E-state index in [4.69, 9.17) is 9.84 Å². The van der Waals surface area contributed by atoms with Gasteiger partial charge in [0.15, 0.2) is 0 Å². The van der Waals surface area contributed by atoms with Crippen LogP contribution in [0.1, 0.15) is 18.1 Å². The van der Waals surface area contributed by atoms with Crippen LogP contribution in [0.5, 0.6) is 0 Å². The van der Waals surface area contributed by atoms with Crippen molar-refractivity contribution >= 4 is 17.6 Å². The maximum absolute atomic E-state index is 11.6. The van der Waals surface area contributed by atoms with Crippen molar-refractivity contribution in [2.45, 2.75) is 19.8 Å². The molecule has 3 rings (SSSR count). The number of rotatable bonds is 6. The third-order valence-corrected chi connectivity index (χ3v) is 4.40. The highest BCUT2D eigenvalue weighted by molar-refractivity contribution is 5.94. The average Bonchev–Trinajstić information content (AvgIpc) is 3.02. The van der Waals surface area contributed by atoms with Crippen LogP contribution in [0.15, 0.2) is 42.5 Å². The van der Waals surface area contributed by atoms with Gasteiger partial charge in [-0.15, -0.1) is 0 Å². The molecule has 0 aliphatic carbocycles. The number of nitrogens with zero attached hydrogens (tertiary/aromatic N) is 1. The normalized spacial score (nSPS) is 12.9. The molecule has 0 radical (unpaired) electrons. The van der Waals surface area contributed by atoms with E-state index in [9.17, 15) is 9.59 Å². The quantitative estimate of drug-likeness (QED) is 0.822. The summed E-state index contributed by atoms with van der Waals surface area (Å²) >= 11 is 0. The molecular formula is C20H21NO4. The molecular weight excluding hydrogens is 318 g/mol. The van der Waals surface area contributed by atoms with Crippen LogP contribution in [-0.2, 0) is 27.2 Å². The number of benzene rings is 2. The zero-order valence-electron chi connectivity index (χ0n) is 14.2. The van der Waals surface area contributed by atoms with Gasteiger partial charge in [0.25, 0.3) is 0 Å². The lowest BCUT2D eigenvalue weighted by molar-refractivity contribution is -0.142. The van der Waals surface area contributed by atoms with E-state index in [0.29, 0.717) is 13.0 Å². The van der Waals surface area contributed by atoms with Crippen LogP contribution < -0.4 is 4.90 Å². The van der Waals surface area contributed by atoms with Crippen LogP contribution in [0.2, 0.25) is 0 Å². The summed E-state index contributed by atoms with van der Waals surface area (Å²) in [5.41, 5.74) is 5.59. The van der Waals surface area contributed by atoms with E-state index in [1.54, 1.807) is 6.92 Å².